The summed E-state index contributed by atoms with van der Waals surface area (Å²) in [6, 6.07) is -0.902. The van der Waals surface area contributed by atoms with Crippen LogP contribution in [0, 0.1) is 0 Å². The summed E-state index contributed by atoms with van der Waals surface area (Å²) in [7, 11) is 0. The van der Waals surface area contributed by atoms with Crippen LogP contribution < -0.4 is 11.9 Å². The molecular formula is C5H11N2O2S. The number of carboxylic acids is 1. The quantitative estimate of drug-likeness (QED) is 0.484. The maximum Gasteiger partial charge on any atom is 0.321 e. The predicted octanol–water partition coefficient (Wildman–Crippen LogP) is -0.374. The molecule has 0 spiro atoms. The Hall–Kier alpha value is -0.260. The number of nitrogens with zero attached hydrogens (tertiary/aromatic N) is 1. The van der Waals surface area contributed by atoms with E-state index in [1.807, 2.05) is 0 Å². The second kappa shape index (κ2) is 3.80. The van der Waals surface area contributed by atoms with Gasteiger partial charge in [0.1, 0.15) is 6.04 Å². The largest absolute Gasteiger partial charge is 0.480 e. The van der Waals surface area contributed by atoms with Crippen LogP contribution in [0.5, 0.6) is 0 Å². The number of thiol groups is 1. The van der Waals surface area contributed by atoms with Gasteiger partial charge >= 0.3 is 5.97 Å². The van der Waals surface area contributed by atoms with E-state index >= 15 is 0 Å². The average molecular weight is 163 g/mol. The van der Waals surface area contributed by atoms with Crippen molar-refractivity contribution in [3.05, 3.63) is 0 Å². The lowest BCUT2D eigenvalue weighted by Gasteiger charge is -2.21. The van der Waals surface area contributed by atoms with E-state index in [0.29, 0.717) is 0 Å². The Kier molecular flexibility index (Phi) is 4.72. The Morgan fingerprint density at radius 1 is 1.70 bits per heavy atom. The third-order valence-electron chi connectivity index (χ3n) is 1.03. The van der Waals surface area contributed by atoms with E-state index in [9.17, 15) is 4.79 Å². The fourth-order valence-electron chi connectivity index (χ4n) is 0.302. The fourth-order valence-corrected chi connectivity index (χ4v) is 0.413. The van der Waals surface area contributed by atoms with E-state index in [1.165, 1.54) is 0 Å². The molecule has 0 fully saturated rings. The molecular weight excluding hydrogens is 152 g/mol. The highest BCUT2D eigenvalue weighted by molar-refractivity contribution is 7.81. The molecule has 0 aliphatic rings. The number of nitrogens with two attached hydrogens (primary N) is 1. The molecule has 0 unspecified atom stereocenters. The first kappa shape index (κ1) is 12.4. The van der Waals surface area contributed by atoms with Crippen molar-refractivity contribution in [1.82, 2.24) is 6.15 Å². The summed E-state index contributed by atoms with van der Waals surface area (Å²) < 4.78 is -0.647. The number of hydrogen-bond acceptors (Lipinski definition) is 3. The van der Waals surface area contributed by atoms with Gasteiger partial charge in [-0.2, -0.15) is 12.6 Å². The van der Waals surface area contributed by atoms with Gasteiger partial charge in [-0.25, -0.2) is 0 Å². The maximum absolute atomic E-state index is 10.2. The maximum atomic E-state index is 10.2. The van der Waals surface area contributed by atoms with Crippen LogP contribution in [0.2, 0.25) is 0 Å². The van der Waals surface area contributed by atoms with Crippen LogP contribution in [0.25, 0.3) is 0 Å². The minimum Gasteiger partial charge on any atom is -0.480 e. The van der Waals surface area contributed by atoms with Crippen LogP contribution in [-0.2, 0) is 4.79 Å². The molecule has 0 aromatic carbocycles. The zero-order chi connectivity index (χ0) is 7.65. The molecule has 1 atom stereocenters. The monoisotopic (exact) mass is 163 g/mol. The first-order valence-corrected chi connectivity index (χ1v) is 3.01. The molecule has 0 rings (SSSR count). The molecule has 0 saturated carbocycles. The highest BCUT2D eigenvalue weighted by atomic mass is 32.1. The topological polar surface area (TPSA) is 93.8 Å². The van der Waals surface area contributed by atoms with Crippen LogP contribution >= 0.6 is 12.6 Å². The summed E-state index contributed by atoms with van der Waals surface area (Å²) in [4.78, 5) is 10.2. The number of rotatable bonds is 2. The van der Waals surface area contributed by atoms with Crippen molar-refractivity contribution in [2.75, 3.05) is 0 Å². The lowest BCUT2D eigenvalue weighted by atomic mass is 10.1. The molecule has 0 saturated heterocycles. The lowest BCUT2D eigenvalue weighted by Crippen LogP contribution is -2.45. The molecule has 0 bridgehead atoms. The molecule has 0 amide bonds. The molecule has 3 N–H and O–H groups in total. The molecule has 0 aliphatic carbocycles. The van der Waals surface area contributed by atoms with E-state index in [1.54, 1.807) is 13.8 Å². The summed E-state index contributed by atoms with van der Waals surface area (Å²) in [6.07, 6.45) is 0. The average Bonchev–Trinajstić information content (AvgIpc) is 1.62. The van der Waals surface area contributed by atoms with Crippen molar-refractivity contribution in [1.29, 1.82) is 0 Å². The molecule has 59 valence electrons. The third kappa shape index (κ3) is 3.71. The van der Waals surface area contributed by atoms with E-state index in [0.717, 1.165) is 0 Å². The molecule has 0 aromatic heterocycles. The van der Waals surface area contributed by atoms with Crippen molar-refractivity contribution in [3.8, 4) is 0 Å². The predicted molar refractivity (Wildman–Crippen MR) is 40.8 cm³/mol. The number of aliphatic carboxylic acids is 1. The second-order valence-electron chi connectivity index (χ2n) is 2.47. The van der Waals surface area contributed by atoms with E-state index in [2.05, 4.69) is 12.6 Å². The van der Waals surface area contributed by atoms with Crippen molar-refractivity contribution in [2.24, 2.45) is 5.73 Å². The van der Waals surface area contributed by atoms with Crippen LogP contribution in [0.1, 0.15) is 13.8 Å². The van der Waals surface area contributed by atoms with Crippen molar-refractivity contribution in [3.63, 3.8) is 0 Å². The highest BCUT2D eigenvalue weighted by Gasteiger charge is 2.27. The third-order valence-corrected chi connectivity index (χ3v) is 1.31. The van der Waals surface area contributed by atoms with Gasteiger partial charge in [0.05, 0.1) is 0 Å². The minimum atomic E-state index is -1.02. The van der Waals surface area contributed by atoms with E-state index in [4.69, 9.17) is 10.8 Å². The van der Waals surface area contributed by atoms with Gasteiger partial charge in [-0.05, 0) is 13.8 Å². The Balaban J connectivity index is 0. The van der Waals surface area contributed by atoms with Crippen molar-refractivity contribution >= 4 is 18.6 Å². The molecule has 4 nitrogen and oxygen atoms in total. The zero-order valence-corrected chi connectivity index (χ0v) is 6.80. The first-order chi connectivity index (χ1) is 3.85. The summed E-state index contributed by atoms with van der Waals surface area (Å²) in [6.45, 7) is 3.32. The first-order valence-electron chi connectivity index (χ1n) is 2.56. The number of hydrogen-bond donors (Lipinski definition) is 3. The van der Waals surface area contributed by atoms with Gasteiger partial charge < -0.3 is 10.8 Å². The van der Waals surface area contributed by atoms with Gasteiger partial charge in [0, 0.05) is 10.9 Å². The molecule has 5 heteroatoms. The van der Waals surface area contributed by atoms with Gasteiger partial charge in [-0.1, -0.05) is 0 Å². The number of carboxylic acid groups (broad SMARTS) is 1. The Labute approximate surface area is 65.8 Å². The zero-order valence-electron chi connectivity index (χ0n) is 5.90. The number of carbonyl (C=O) groups is 1. The van der Waals surface area contributed by atoms with Crippen LogP contribution in [0.15, 0.2) is 0 Å². The second-order valence-corrected chi connectivity index (χ2v) is 3.62. The summed E-state index contributed by atoms with van der Waals surface area (Å²) in [5.41, 5.74) is 5.22. The van der Waals surface area contributed by atoms with Crippen LogP contribution in [-0.4, -0.2) is 21.9 Å². The van der Waals surface area contributed by atoms with Crippen LogP contribution in [0.4, 0.5) is 0 Å². The minimum absolute atomic E-state index is 0. The summed E-state index contributed by atoms with van der Waals surface area (Å²) >= 11 is 3.98. The molecule has 10 heavy (non-hydrogen) atoms. The molecule has 0 aromatic rings. The van der Waals surface area contributed by atoms with E-state index < -0.39 is 16.8 Å². The van der Waals surface area contributed by atoms with Gasteiger partial charge in [0.25, 0.3) is 0 Å². The van der Waals surface area contributed by atoms with Gasteiger partial charge in [-0.15, -0.1) is 0 Å². The Morgan fingerprint density at radius 2 is 2.00 bits per heavy atom. The lowest BCUT2D eigenvalue weighted by molar-refractivity contribution is -0.139. The summed E-state index contributed by atoms with van der Waals surface area (Å²) in [5.74, 6) is -1.02. The summed E-state index contributed by atoms with van der Waals surface area (Å²) in [5, 5.41) is 8.34. The Morgan fingerprint density at radius 3 is 2.00 bits per heavy atom. The van der Waals surface area contributed by atoms with Crippen molar-refractivity contribution in [2.45, 2.75) is 24.6 Å². The van der Waals surface area contributed by atoms with Gasteiger partial charge in [0.15, 0.2) is 0 Å². The molecule has 0 heterocycles. The van der Waals surface area contributed by atoms with Gasteiger partial charge in [-0.3, -0.25) is 4.79 Å². The molecule has 0 aliphatic heterocycles. The fraction of sp³-hybridized carbons (Fsp3) is 0.800. The molecule has 3 radical (unpaired) electrons. The Bertz CT molecular complexity index is 121. The smallest absolute Gasteiger partial charge is 0.321 e. The van der Waals surface area contributed by atoms with Crippen LogP contribution in [0.3, 0.4) is 0 Å². The highest BCUT2D eigenvalue weighted by Crippen LogP contribution is 2.15. The van der Waals surface area contributed by atoms with E-state index in [-0.39, 0.29) is 6.15 Å². The normalized spacial score (nSPS) is 13.6. The van der Waals surface area contributed by atoms with Crippen molar-refractivity contribution < 1.29 is 9.90 Å². The SMILES string of the molecule is CC(C)(S)[C@@H](N)C(=O)O.[N]. The standard InChI is InChI=1S/C5H11NO2S.N/c1-5(2,9)3(6)4(7)8;/h3,9H,6H2,1-2H3,(H,7,8);/t3-;/m0./s1. The van der Waals surface area contributed by atoms with Gasteiger partial charge in [0.2, 0.25) is 0 Å².